The first-order valence-electron chi connectivity index (χ1n) is 6.88. The summed E-state index contributed by atoms with van der Waals surface area (Å²) in [5.74, 6) is -0.323. The minimum atomic E-state index is -0.323. The van der Waals surface area contributed by atoms with Crippen LogP contribution < -0.4 is 5.73 Å². The standard InChI is InChI=1S/C17H19ClFN/c1-2-3-12-4-6-13(7-5-12)17(20)10-14-8-9-15(19)11-16(14)18/h4-9,11,17H,2-3,10,20H2,1H3. The number of aryl methyl sites for hydroxylation is 1. The molecule has 0 radical (unpaired) electrons. The zero-order chi connectivity index (χ0) is 14.5. The van der Waals surface area contributed by atoms with E-state index in [0.717, 1.165) is 24.0 Å². The van der Waals surface area contributed by atoms with Gasteiger partial charge in [-0.2, -0.15) is 0 Å². The Hall–Kier alpha value is -1.38. The Labute approximate surface area is 124 Å². The lowest BCUT2D eigenvalue weighted by atomic mass is 9.98. The lowest BCUT2D eigenvalue weighted by molar-refractivity contribution is 0.625. The molecule has 0 bridgehead atoms. The fraction of sp³-hybridized carbons (Fsp3) is 0.294. The van der Waals surface area contributed by atoms with E-state index in [1.807, 2.05) is 0 Å². The minimum Gasteiger partial charge on any atom is -0.324 e. The summed E-state index contributed by atoms with van der Waals surface area (Å²) in [5, 5.41) is 0.433. The van der Waals surface area contributed by atoms with Crippen molar-refractivity contribution in [2.45, 2.75) is 32.2 Å². The molecular formula is C17H19ClFN. The fourth-order valence-electron chi connectivity index (χ4n) is 2.26. The van der Waals surface area contributed by atoms with Crippen molar-refractivity contribution in [1.82, 2.24) is 0 Å². The Bertz CT molecular complexity index is 566. The van der Waals surface area contributed by atoms with E-state index in [1.165, 1.54) is 17.7 Å². The molecule has 0 saturated carbocycles. The molecule has 2 rings (SSSR count). The molecule has 2 N–H and O–H groups in total. The average molecular weight is 292 g/mol. The van der Waals surface area contributed by atoms with Crippen LogP contribution in [0.15, 0.2) is 42.5 Å². The molecule has 1 atom stereocenters. The van der Waals surface area contributed by atoms with Crippen molar-refractivity contribution in [3.63, 3.8) is 0 Å². The third kappa shape index (κ3) is 3.81. The summed E-state index contributed by atoms with van der Waals surface area (Å²) in [7, 11) is 0. The second kappa shape index (κ2) is 6.87. The van der Waals surface area contributed by atoms with Crippen LogP contribution in [0.2, 0.25) is 5.02 Å². The second-order valence-corrected chi connectivity index (χ2v) is 5.45. The van der Waals surface area contributed by atoms with Crippen LogP contribution in [0.3, 0.4) is 0 Å². The molecule has 0 aromatic heterocycles. The predicted octanol–water partition coefficient (Wildman–Crippen LogP) is 4.67. The number of benzene rings is 2. The topological polar surface area (TPSA) is 26.0 Å². The molecule has 0 saturated heterocycles. The van der Waals surface area contributed by atoms with Gasteiger partial charge in [-0.3, -0.25) is 0 Å². The van der Waals surface area contributed by atoms with Crippen LogP contribution in [0.25, 0.3) is 0 Å². The quantitative estimate of drug-likeness (QED) is 0.851. The summed E-state index contributed by atoms with van der Waals surface area (Å²) in [6.07, 6.45) is 2.82. The summed E-state index contributed by atoms with van der Waals surface area (Å²) >= 11 is 6.03. The van der Waals surface area contributed by atoms with Gasteiger partial charge in [-0.1, -0.05) is 55.3 Å². The van der Waals surface area contributed by atoms with Gasteiger partial charge in [0, 0.05) is 11.1 Å². The molecule has 0 heterocycles. The zero-order valence-corrected chi connectivity index (χ0v) is 12.3. The highest BCUT2D eigenvalue weighted by molar-refractivity contribution is 6.31. The number of hydrogen-bond donors (Lipinski definition) is 1. The first-order chi connectivity index (χ1) is 9.60. The Morgan fingerprint density at radius 2 is 1.85 bits per heavy atom. The van der Waals surface area contributed by atoms with Gasteiger partial charge in [0.05, 0.1) is 0 Å². The van der Waals surface area contributed by atoms with Gasteiger partial charge >= 0.3 is 0 Å². The maximum absolute atomic E-state index is 13.0. The largest absolute Gasteiger partial charge is 0.324 e. The molecular weight excluding hydrogens is 273 g/mol. The van der Waals surface area contributed by atoms with Crippen molar-refractivity contribution in [2.24, 2.45) is 5.73 Å². The fourth-order valence-corrected chi connectivity index (χ4v) is 2.51. The predicted molar refractivity (Wildman–Crippen MR) is 82.5 cm³/mol. The highest BCUT2D eigenvalue weighted by Gasteiger charge is 2.10. The molecule has 20 heavy (non-hydrogen) atoms. The normalized spacial score (nSPS) is 12.4. The zero-order valence-electron chi connectivity index (χ0n) is 11.6. The molecule has 2 aromatic carbocycles. The van der Waals surface area contributed by atoms with Crippen molar-refractivity contribution < 1.29 is 4.39 Å². The van der Waals surface area contributed by atoms with Crippen molar-refractivity contribution >= 4 is 11.6 Å². The van der Waals surface area contributed by atoms with Gasteiger partial charge in [0.1, 0.15) is 5.82 Å². The molecule has 0 spiro atoms. The molecule has 0 fully saturated rings. The van der Waals surface area contributed by atoms with Gasteiger partial charge in [0.15, 0.2) is 0 Å². The van der Waals surface area contributed by atoms with E-state index in [0.29, 0.717) is 11.4 Å². The van der Waals surface area contributed by atoms with E-state index in [-0.39, 0.29) is 11.9 Å². The number of nitrogens with two attached hydrogens (primary N) is 1. The Morgan fingerprint density at radius 3 is 2.45 bits per heavy atom. The van der Waals surface area contributed by atoms with Gasteiger partial charge < -0.3 is 5.73 Å². The van der Waals surface area contributed by atoms with Crippen LogP contribution >= 0.6 is 11.6 Å². The maximum Gasteiger partial charge on any atom is 0.124 e. The molecule has 106 valence electrons. The lowest BCUT2D eigenvalue weighted by Gasteiger charge is -2.14. The number of hydrogen-bond acceptors (Lipinski definition) is 1. The summed E-state index contributed by atoms with van der Waals surface area (Å²) in [4.78, 5) is 0. The van der Waals surface area contributed by atoms with E-state index in [1.54, 1.807) is 6.07 Å². The second-order valence-electron chi connectivity index (χ2n) is 5.04. The van der Waals surface area contributed by atoms with E-state index in [4.69, 9.17) is 17.3 Å². The molecule has 0 aliphatic carbocycles. The molecule has 3 heteroatoms. The summed E-state index contributed by atoms with van der Waals surface area (Å²) in [6, 6.07) is 12.7. The van der Waals surface area contributed by atoms with Crippen molar-refractivity contribution in [2.75, 3.05) is 0 Å². The first-order valence-corrected chi connectivity index (χ1v) is 7.26. The molecule has 1 unspecified atom stereocenters. The van der Waals surface area contributed by atoms with Gasteiger partial charge in [-0.05, 0) is 41.7 Å². The van der Waals surface area contributed by atoms with Crippen molar-refractivity contribution in [3.8, 4) is 0 Å². The van der Waals surface area contributed by atoms with Crippen LogP contribution in [-0.4, -0.2) is 0 Å². The van der Waals surface area contributed by atoms with Crippen LogP contribution in [0.5, 0.6) is 0 Å². The minimum absolute atomic E-state index is 0.131. The summed E-state index contributed by atoms with van der Waals surface area (Å²) in [5.41, 5.74) is 9.48. The first kappa shape index (κ1) is 15.0. The van der Waals surface area contributed by atoms with Crippen molar-refractivity contribution in [1.29, 1.82) is 0 Å². The van der Waals surface area contributed by atoms with Crippen LogP contribution in [0.4, 0.5) is 4.39 Å². The molecule has 0 aliphatic heterocycles. The van der Waals surface area contributed by atoms with E-state index in [9.17, 15) is 4.39 Å². The molecule has 0 amide bonds. The lowest BCUT2D eigenvalue weighted by Crippen LogP contribution is -2.13. The maximum atomic E-state index is 13.0. The van der Waals surface area contributed by atoms with E-state index < -0.39 is 0 Å². The van der Waals surface area contributed by atoms with E-state index in [2.05, 4.69) is 31.2 Å². The third-order valence-corrected chi connectivity index (χ3v) is 3.75. The smallest absolute Gasteiger partial charge is 0.124 e. The SMILES string of the molecule is CCCc1ccc(C(N)Cc2ccc(F)cc2Cl)cc1. The van der Waals surface area contributed by atoms with Gasteiger partial charge in [-0.15, -0.1) is 0 Å². The van der Waals surface area contributed by atoms with Crippen LogP contribution in [-0.2, 0) is 12.8 Å². The highest BCUT2D eigenvalue weighted by atomic mass is 35.5. The molecule has 1 nitrogen and oxygen atoms in total. The Balaban J connectivity index is 2.09. The number of halogens is 2. The van der Waals surface area contributed by atoms with Crippen molar-refractivity contribution in [3.05, 3.63) is 70.0 Å². The van der Waals surface area contributed by atoms with Gasteiger partial charge in [0.2, 0.25) is 0 Å². The van der Waals surface area contributed by atoms with Crippen LogP contribution in [0.1, 0.15) is 36.1 Å². The Kier molecular flexibility index (Phi) is 5.16. The van der Waals surface area contributed by atoms with Crippen LogP contribution in [0, 0.1) is 5.82 Å². The van der Waals surface area contributed by atoms with Gasteiger partial charge in [-0.25, -0.2) is 4.39 Å². The number of rotatable bonds is 5. The highest BCUT2D eigenvalue weighted by Crippen LogP contribution is 2.23. The summed E-state index contributed by atoms with van der Waals surface area (Å²) in [6.45, 7) is 2.16. The van der Waals surface area contributed by atoms with E-state index >= 15 is 0 Å². The monoisotopic (exact) mass is 291 g/mol. The Morgan fingerprint density at radius 1 is 1.15 bits per heavy atom. The molecule has 0 aliphatic rings. The average Bonchev–Trinajstić information content (AvgIpc) is 2.43. The third-order valence-electron chi connectivity index (χ3n) is 3.40. The summed E-state index contributed by atoms with van der Waals surface area (Å²) < 4.78 is 13.0. The molecule has 2 aromatic rings. The van der Waals surface area contributed by atoms with Gasteiger partial charge in [0.25, 0.3) is 0 Å².